The first-order valence-electron chi connectivity index (χ1n) is 7.03. The van der Waals surface area contributed by atoms with Gasteiger partial charge in [0.2, 0.25) is 0 Å². The van der Waals surface area contributed by atoms with Crippen LogP contribution in [0, 0.1) is 14.1 Å². The predicted octanol–water partition coefficient (Wildman–Crippen LogP) is 0.895. The van der Waals surface area contributed by atoms with E-state index in [0.29, 0.717) is 0 Å². The van der Waals surface area contributed by atoms with Crippen LogP contribution in [0.15, 0.2) is 53.9 Å². The van der Waals surface area contributed by atoms with Crippen LogP contribution >= 0.6 is 0 Å². The van der Waals surface area contributed by atoms with Gasteiger partial charge in [-0.2, -0.15) is 0 Å². The van der Waals surface area contributed by atoms with Crippen molar-refractivity contribution in [3.05, 3.63) is 79.1 Å². The number of hydrogen-bond acceptors (Lipinski definition) is 3. The van der Waals surface area contributed by atoms with Gasteiger partial charge in [0.1, 0.15) is 5.75 Å². The standard InChI is InChI=1S/C18H20N2O3/c1-19-15(9-12-3-6-14(21)7-4-12)16(20-2)10-13-5-8-17(22)18(23)11-13/h3-11,21-23H,1-2,19-20H2. The maximum atomic E-state index is 9.58. The lowest BCUT2D eigenvalue weighted by Gasteiger charge is -2.10. The number of hydrogen-bond donors (Lipinski definition) is 5. The molecule has 2 aromatic carbocycles. The fourth-order valence-electron chi connectivity index (χ4n) is 2.08. The van der Waals surface area contributed by atoms with E-state index >= 15 is 0 Å². The van der Waals surface area contributed by atoms with E-state index in [9.17, 15) is 15.3 Å². The molecular weight excluding hydrogens is 292 g/mol. The van der Waals surface area contributed by atoms with E-state index in [-0.39, 0.29) is 17.2 Å². The van der Waals surface area contributed by atoms with Crippen LogP contribution in [0.25, 0.3) is 12.2 Å². The van der Waals surface area contributed by atoms with E-state index in [2.05, 4.69) is 14.1 Å². The van der Waals surface area contributed by atoms with E-state index in [1.807, 2.05) is 12.2 Å². The van der Waals surface area contributed by atoms with E-state index in [0.717, 1.165) is 22.5 Å². The molecular formula is C18H20N2O3. The Balaban J connectivity index is 2.37. The van der Waals surface area contributed by atoms with Gasteiger partial charge < -0.3 is 26.0 Å². The molecule has 0 saturated heterocycles. The maximum absolute atomic E-state index is 9.58. The molecule has 0 saturated carbocycles. The maximum Gasteiger partial charge on any atom is 0.163 e. The number of phenols is 3. The number of nitrogens with two attached hydrogens (primary N) is 2. The molecule has 0 amide bonds. The van der Waals surface area contributed by atoms with Crippen LogP contribution in [0.3, 0.4) is 0 Å². The summed E-state index contributed by atoms with van der Waals surface area (Å²) >= 11 is 0. The number of phenolic OH excluding ortho intramolecular Hbond substituents is 3. The first kappa shape index (κ1) is 16.6. The Kier molecular flexibility index (Phi) is 5.41. The lowest BCUT2D eigenvalue weighted by atomic mass is 10.1. The Bertz CT molecular complexity index is 734. The van der Waals surface area contributed by atoms with Gasteiger partial charge in [0.05, 0.1) is 0 Å². The molecule has 5 nitrogen and oxygen atoms in total. The molecule has 7 N–H and O–H groups in total. The van der Waals surface area contributed by atoms with E-state index in [1.165, 1.54) is 12.1 Å². The minimum Gasteiger partial charge on any atom is -0.508 e. The second kappa shape index (κ2) is 7.49. The fourth-order valence-corrected chi connectivity index (χ4v) is 2.08. The minimum atomic E-state index is -0.176. The number of benzene rings is 2. The van der Waals surface area contributed by atoms with Gasteiger partial charge in [-0.3, -0.25) is 0 Å². The van der Waals surface area contributed by atoms with E-state index < -0.39 is 0 Å². The lowest BCUT2D eigenvalue weighted by molar-refractivity contribution is -0.594. The molecule has 2 aromatic rings. The molecule has 0 aliphatic carbocycles. The Labute approximate surface area is 135 Å². The Hall–Kier alpha value is -2.76. The highest BCUT2D eigenvalue weighted by atomic mass is 16.3. The first-order valence-corrected chi connectivity index (χ1v) is 7.03. The molecule has 0 heterocycles. The van der Waals surface area contributed by atoms with Gasteiger partial charge >= 0.3 is 0 Å². The Morgan fingerprint density at radius 2 is 1.26 bits per heavy atom. The average Bonchev–Trinajstić information content (AvgIpc) is 2.55. The summed E-state index contributed by atoms with van der Waals surface area (Å²) in [7, 11) is 7.63. The third-order valence-corrected chi connectivity index (χ3v) is 3.31. The smallest absolute Gasteiger partial charge is 0.163 e. The molecule has 23 heavy (non-hydrogen) atoms. The second-order valence-electron chi connectivity index (χ2n) is 4.95. The van der Waals surface area contributed by atoms with Crippen LogP contribution < -0.4 is 10.6 Å². The molecule has 0 aliphatic rings. The molecule has 0 radical (unpaired) electrons. The van der Waals surface area contributed by atoms with Gasteiger partial charge in [-0.05, 0) is 35.4 Å². The summed E-state index contributed by atoms with van der Waals surface area (Å²) in [4.78, 5) is 0. The Morgan fingerprint density at radius 3 is 1.78 bits per heavy atom. The van der Waals surface area contributed by atoms with Gasteiger partial charge in [-0.15, -0.1) is 14.1 Å². The van der Waals surface area contributed by atoms with Crippen LogP contribution in [0.2, 0.25) is 0 Å². The van der Waals surface area contributed by atoms with E-state index in [1.54, 1.807) is 41.0 Å². The monoisotopic (exact) mass is 312 g/mol. The highest BCUT2D eigenvalue weighted by Crippen LogP contribution is 2.25. The van der Waals surface area contributed by atoms with Crippen molar-refractivity contribution in [1.82, 2.24) is 0 Å². The topological polar surface area (TPSA) is 93.9 Å². The quantitative estimate of drug-likeness (QED) is 0.322. The zero-order chi connectivity index (χ0) is 16.8. The van der Waals surface area contributed by atoms with Crippen molar-refractivity contribution in [2.24, 2.45) is 0 Å². The summed E-state index contributed by atoms with van der Waals surface area (Å²) in [6.45, 7) is 0. The van der Waals surface area contributed by atoms with Gasteiger partial charge in [-0.1, -0.05) is 18.2 Å². The summed E-state index contributed by atoms with van der Waals surface area (Å²) in [5.41, 5.74) is 3.31. The van der Waals surface area contributed by atoms with Crippen molar-refractivity contribution in [1.29, 1.82) is 0 Å². The SMILES string of the molecule is [CH2-][NH2+]C(=Cc1ccc(O)cc1)C(=Cc1ccc(O)c(O)c1)[NH2+][CH2-]. The molecule has 5 heteroatoms. The van der Waals surface area contributed by atoms with Crippen LogP contribution in [0.4, 0.5) is 0 Å². The Morgan fingerprint density at radius 1 is 0.739 bits per heavy atom. The largest absolute Gasteiger partial charge is 0.508 e. The fraction of sp³-hybridized carbons (Fsp3) is 0. The first-order chi connectivity index (χ1) is 11.0. The molecule has 0 fully saturated rings. The van der Waals surface area contributed by atoms with Gasteiger partial charge in [0.15, 0.2) is 22.9 Å². The molecule has 0 aromatic heterocycles. The van der Waals surface area contributed by atoms with Gasteiger partial charge in [0.25, 0.3) is 0 Å². The van der Waals surface area contributed by atoms with Crippen molar-refractivity contribution in [2.45, 2.75) is 0 Å². The van der Waals surface area contributed by atoms with Crippen molar-refractivity contribution in [2.75, 3.05) is 0 Å². The van der Waals surface area contributed by atoms with E-state index in [4.69, 9.17) is 0 Å². The number of aromatic hydroxyl groups is 3. The zero-order valence-electron chi connectivity index (χ0n) is 12.6. The van der Waals surface area contributed by atoms with Crippen molar-refractivity contribution in [3.8, 4) is 17.2 Å². The van der Waals surface area contributed by atoms with Crippen molar-refractivity contribution in [3.63, 3.8) is 0 Å². The molecule has 0 unspecified atom stereocenters. The molecule has 0 spiro atoms. The highest BCUT2D eigenvalue weighted by molar-refractivity contribution is 5.63. The normalized spacial score (nSPS) is 12.4. The summed E-state index contributed by atoms with van der Waals surface area (Å²) in [6, 6.07) is 11.4. The minimum absolute atomic E-state index is 0.161. The number of quaternary nitrogens is 2. The van der Waals surface area contributed by atoms with Crippen molar-refractivity contribution >= 4 is 12.2 Å². The molecule has 0 bridgehead atoms. The summed E-state index contributed by atoms with van der Waals surface area (Å²) in [5, 5.41) is 31.7. The molecule has 0 atom stereocenters. The summed E-state index contributed by atoms with van der Waals surface area (Å²) < 4.78 is 0. The zero-order valence-corrected chi connectivity index (χ0v) is 12.6. The van der Waals surface area contributed by atoms with Crippen LogP contribution in [0.5, 0.6) is 17.2 Å². The molecule has 120 valence electrons. The second-order valence-corrected chi connectivity index (χ2v) is 4.95. The predicted molar refractivity (Wildman–Crippen MR) is 88.4 cm³/mol. The van der Waals surface area contributed by atoms with Crippen LogP contribution in [0.1, 0.15) is 11.1 Å². The highest BCUT2D eigenvalue weighted by Gasteiger charge is 2.08. The molecule has 0 aliphatic heterocycles. The summed E-state index contributed by atoms with van der Waals surface area (Å²) in [6.07, 6.45) is 3.75. The van der Waals surface area contributed by atoms with Crippen LogP contribution in [-0.2, 0) is 0 Å². The lowest BCUT2D eigenvalue weighted by Crippen LogP contribution is -2.84. The van der Waals surface area contributed by atoms with Gasteiger partial charge in [0, 0.05) is 12.2 Å². The average molecular weight is 312 g/mol. The summed E-state index contributed by atoms with van der Waals surface area (Å²) in [5.74, 6) is -0.128. The third kappa shape index (κ3) is 4.35. The molecule has 2 rings (SSSR count). The number of rotatable bonds is 5. The van der Waals surface area contributed by atoms with Gasteiger partial charge in [-0.25, -0.2) is 0 Å². The van der Waals surface area contributed by atoms with Crippen LogP contribution in [-0.4, -0.2) is 15.3 Å². The van der Waals surface area contributed by atoms with Crippen molar-refractivity contribution < 1.29 is 26.0 Å². The third-order valence-electron chi connectivity index (χ3n) is 3.31.